The summed E-state index contributed by atoms with van der Waals surface area (Å²) in [5, 5.41) is 0. The number of piperidine rings is 1. The number of nitrogens with zero attached hydrogens (tertiary/aromatic N) is 6. The molecule has 0 bridgehead atoms. The number of aromatic nitrogens is 4. The van der Waals surface area contributed by atoms with Crippen molar-refractivity contribution < 1.29 is 4.79 Å². The van der Waals surface area contributed by atoms with Crippen LogP contribution in [0.5, 0.6) is 0 Å². The summed E-state index contributed by atoms with van der Waals surface area (Å²) >= 11 is 0. The van der Waals surface area contributed by atoms with Gasteiger partial charge in [-0.15, -0.1) is 0 Å². The SMILES string of the molecule is Cc1cc(C)n(CC(=O)N2CCC[C@H](c3nc(N(C)C)ncc3-c3ccccc3)C2)c(=O)n1. The maximum Gasteiger partial charge on any atom is 0.348 e. The summed E-state index contributed by atoms with van der Waals surface area (Å²) in [5.74, 6) is 0.674. The number of carbonyl (C=O) groups is 1. The second-order valence-corrected chi connectivity index (χ2v) is 8.82. The zero-order chi connectivity index (χ0) is 23.5. The normalized spacial score (nSPS) is 16.0. The van der Waals surface area contributed by atoms with Crippen LogP contribution in [0.15, 0.2) is 47.4 Å². The number of likely N-dealkylation sites (tertiary alicyclic amines) is 1. The molecule has 1 fully saturated rings. The molecule has 172 valence electrons. The highest BCUT2D eigenvalue weighted by atomic mass is 16.2. The van der Waals surface area contributed by atoms with Gasteiger partial charge in [-0.25, -0.2) is 14.8 Å². The lowest BCUT2D eigenvalue weighted by Gasteiger charge is -2.33. The topological polar surface area (TPSA) is 84.2 Å². The van der Waals surface area contributed by atoms with Gasteiger partial charge in [0, 0.05) is 56.3 Å². The van der Waals surface area contributed by atoms with Crippen LogP contribution in [0.2, 0.25) is 0 Å². The van der Waals surface area contributed by atoms with Crippen LogP contribution < -0.4 is 10.6 Å². The average molecular weight is 447 g/mol. The van der Waals surface area contributed by atoms with E-state index in [-0.39, 0.29) is 24.1 Å². The van der Waals surface area contributed by atoms with Crippen molar-refractivity contribution in [3.05, 3.63) is 70.2 Å². The highest BCUT2D eigenvalue weighted by Gasteiger charge is 2.28. The summed E-state index contributed by atoms with van der Waals surface area (Å²) in [4.78, 5) is 42.7. The van der Waals surface area contributed by atoms with Gasteiger partial charge < -0.3 is 9.80 Å². The lowest BCUT2D eigenvalue weighted by atomic mass is 9.90. The summed E-state index contributed by atoms with van der Waals surface area (Å²) < 4.78 is 1.45. The van der Waals surface area contributed by atoms with E-state index >= 15 is 0 Å². The van der Waals surface area contributed by atoms with Crippen molar-refractivity contribution in [1.29, 1.82) is 0 Å². The van der Waals surface area contributed by atoms with E-state index in [0.717, 1.165) is 35.4 Å². The summed E-state index contributed by atoms with van der Waals surface area (Å²) in [5.41, 5.74) is 4.04. The van der Waals surface area contributed by atoms with Gasteiger partial charge in [0.15, 0.2) is 0 Å². The van der Waals surface area contributed by atoms with Crippen molar-refractivity contribution in [3.8, 4) is 11.1 Å². The smallest absolute Gasteiger partial charge is 0.347 e. The number of carbonyl (C=O) groups excluding carboxylic acids is 1. The molecule has 33 heavy (non-hydrogen) atoms. The molecule has 3 heterocycles. The van der Waals surface area contributed by atoms with E-state index < -0.39 is 0 Å². The first kappa shape index (κ1) is 22.6. The molecule has 1 amide bonds. The number of benzene rings is 1. The summed E-state index contributed by atoms with van der Waals surface area (Å²) in [6, 6.07) is 11.9. The molecule has 0 saturated carbocycles. The molecular formula is C25H30N6O2. The van der Waals surface area contributed by atoms with E-state index in [4.69, 9.17) is 4.98 Å². The van der Waals surface area contributed by atoms with Crippen LogP contribution in [0.4, 0.5) is 5.95 Å². The van der Waals surface area contributed by atoms with Crippen molar-refractivity contribution in [1.82, 2.24) is 24.4 Å². The van der Waals surface area contributed by atoms with Gasteiger partial charge in [0.1, 0.15) is 6.54 Å². The third kappa shape index (κ3) is 4.94. The third-order valence-corrected chi connectivity index (χ3v) is 6.09. The fourth-order valence-electron chi connectivity index (χ4n) is 4.38. The Hall–Kier alpha value is -3.55. The molecule has 1 aliphatic heterocycles. The van der Waals surface area contributed by atoms with E-state index in [1.807, 2.05) is 61.3 Å². The molecule has 2 aromatic heterocycles. The van der Waals surface area contributed by atoms with Gasteiger partial charge in [0.2, 0.25) is 11.9 Å². The second kappa shape index (κ2) is 9.52. The summed E-state index contributed by atoms with van der Waals surface area (Å²) in [6.45, 7) is 4.86. The maximum atomic E-state index is 13.2. The number of rotatable bonds is 5. The van der Waals surface area contributed by atoms with Gasteiger partial charge in [-0.2, -0.15) is 4.98 Å². The molecule has 8 nitrogen and oxygen atoms in total. The van der Waals surface area contributed by atoms with Crippen molar-refractivity contribution in [2.45, 2.75) is 39.2 Å². The van der Waals surface area contributed by atoms with Crippen molar-refractivity contribution >= 4 is 11.9 Å². The molecule has 0 radical (unpaired) electrons. The minimum atomic E-state index is -0.382. The lowest BCUT2D eigenvalue weighted by Crippen LogP contribution is -2.43. The number of anilines is 1. The van der Waals surface area contributed by atoms with Crippen LogP contribution in [-0.4, -0.2) is 57.5 Å². The van der Waals surface area contributed by atoms with Crippen molar-refractivity contribution in [2.24, 2.45) is 0 Å². The minimum Gasteiger partial charge on any atom is -0.347 e. The molecular weight excluding hydrogens is 416 g/mol. The predicted molar refractivity (Wildman–Crippen MR) is 128 cm³/mol. The Labute approximate surface area is 193 Å². The maximum absolute atomic E-state index is 13.2. The molecule has 0 unspecified atom stereocenters. The Morgan fingerprint density at radius 1 is 1.15 bits per heavy atom. The molecule has 3 aromatic rings. The Kier molecular flexibility index (Phi) is 6.53. The molecule has 8 heteroatoms. The molecule has 1 aromatic carbocycles. The molecule has 0 aliphatic carbocycles. The van der Waals surface area contributed by atoms with Crippen LogP contribution >= 0.6 is 0 Å². The largest absolute Gasteiger partial charge is 0.348 e. The Bertz CT molecular complexity index is 1210. The van der Waals surface area contributed by atoms with E-state index in [2.05, 4.69) is 22.1 Å². The van der Waals surface area contributed by atoms with E-state index in [1.54, 1.807) is 6.92 Å². The molecule has 1 atom stereocenters. The van der Waals surface area contributed by atoms with Gasteiger partial charge in [0.05, 0.1) is 5.69 Å². The Morgan fingerprint density at radius 3 is 2.61 bits per heavy atom. The van der Waals surface area contributed by atoms with Crippen LogP contribution in [0.25, 0.3) is 11.1 Å². The van der Waals surface area contributed by atoms with E-state index in [1.165, 1.54) is 4.57 Å². The first-order chi connectivity index (χ1) is 15.8. The number of hydrogen-bond acceptors (Lipinski definition) is 6. The summed E-state index contributed by atoms with van der Waals surface area (Å²) in [6.07, 6.45) is 3.71. The van der Waals surface area contributed by atoms with Gasteiger partial charge >= 0.3 is 5.69 Å². The molecule has 1 aliphatic rings. The second-order valence-electron chi connectivity index (χ2n) is 8.82. The zero-order valence-corrected chi connectivity index (χ0v) is 19.7. The highest BCUT2D eigenvalue weighted by Crippen LogP contribution is 2.34. The van der Waals surface area contributed by atoms with Gasteiger partial charge in [-0.05, 0) is 38.3 Å². The average Bonchev–Trinajstić information content (AvgIpc) is 2.81. The third-order valence-electron chi connectivity index (χ3n) is 6.09. The fraction of sp³-hybridized carbons (Fsp3) is 0.400. The van der Waals surface area contributed by atoms with E-state index in [0.29, 0.717) is 24.7 Å². The first-order valence-corrected chi connectivity index (χ1v) is 11.3. The predicted octanol–water partition coefficient (Wildman–Crippen LogP) is 2.79. The molecule has 1 saturated heterocycles. The molecule has 4 rings (SSSR count). The zero-order valence-electron chi connectivity index (χ0n) is 19.7. The van der Waals surface area contributed by atoms with Crippen LogP contribution in [-0.2, 0) is 11.3 Å². The van der Waals surface area contributed by atoms with Crippen molar-refractivity contribution in [2.75, 3.05) is 32.1 Å². The Morgan fingerprint density at radius 2 is 1.91 bits per heavy atom. The van der Waals surface area contributed by atoms with Gasteiger partial charge in [-0.1, -0.05) is 30.3 Å². The number of aryl methyl sites for hydroxylation is 2. The van der Waals surface area contributed by atoms with Crippen LogP contribution in [0.1, 0.15) is 35.8 Å². The highest BCUT2D eigenvalue weighted by molar-refractivity contribution is 5.76. The Balaban J connectivity index is 1.61. The monoisotopic (exact) mass is 446 g/mol. The first-order valence-electron chi connectivity index (χ1n) is 11.3. The number of hydrogen-bond donors (Lipinski definition) is 0. The van der Waals surface area contributed by atoms with Gasteiger partial charge in [-0.3, -0.25) is 9.36 Å². The standard InChI is InChI=1S/C25H30N6O2/c1-17-13-18(2)31(25(33)27-17)16-22(32)30-12-8-11-20(15-30)23-21(19-9-6-5-7-10-19)14-26-24(28-23)29(3)4/h5-7,9-10,13-14,20H,8,11-12,15-16H2,1-4H3/t20-/m0/s1. The molecule has 0 spiro atoms. The van der Waals surface area contributed by atoms with Crippen LogP contribution in [0, 0.1) is 13.8 Å². The quantitative estimate of drug-likeness (QED) is 0.599. The number of amides is 1. The summed E-state index contributed by atoms with van der Waals surface area (Å²) in [7, 11) is 3.85. The molecule has 0 N–H and O–H groups in total. The van der Waals surface area contributed by atoms with E-state index in [9.17, 15) is 9.59 Å². The van der Waals surface area contributed by atoms with Gasteiger partial charge in [0.25, 0.3) is 0 Å². The van der Waals surface area contributed by atoms with Crippen LogP contribution in [0.3, 0.4) is 0 Å². The lowest BCUT2D eigenvalue weighted by molar-refractivity contribution is -0.133. The fourth-order valence-corrected chi connectivity index (χ4v) is 4.38. The minimum absolute atomic E-state index is 0.00291. The van der Waals surface area contributed by atoms with Crippen molar-refractivity contribution in [3.63, 3.8) is 0 Å².